The molecule has 2 aromatic heterocycles. The molecule has 0 radical (unpaired) electrons. The minimum atomic E-state index is -2.89. The average Bonchev–Trinajstić information content (AvgIpc) is 3.10. The largest absolute Gasteiger partial charge is 0.475 e. The normalized spacial score (nSPS) is 23.3. The first-order chi connectivity index (χ1) is 21.0. The highest BCUT2D eigenvalue weighted by Crippen LogP contribution is 2.49. The van der Waals surface area contributed by atoms with Gasteiger partial charge in [0.25, 0.3) is 0 Å². The number of fused-ring (bicyclic) bond motifs is 2. The third kappa shape index (κ3) is 7.68. The number of anilines is 1. The maximum Gasteiger partial charge on any atom is 0.242 e. The van der Waals surface area contributed by atoms with Crippen LogP contribution in [-0.4, -0.2) is 72.4 Å². The number of nitrogens with zero attached hydrogens (tertiary/aromatic N) is 3. The van der Waals surface area contributed by atoms with Crippen molar-refractivity contribution >= 4 is 34.0 Å². The van der Waals surface area contributed by atoms with Crippen LogP contribution in [0.4, 0.5) is 10.1 Å². The molecule has 5 rings (SSSR count). The molecule has 2 bridgehead atoms. The quantitative estimate of drug-likeness (QED) is 0.201. The van der Waals surface area contributed by atoms with Crippen molar-refractivity contribution in [3.05, 3.63) is 82.5 Å². The molecular weight excluding hydrogens is 607 g/mol. The third-order valence-electron chi connectivity index (χ3n) is 8.15. The van der Waals surface area contributed by atoms with E-state index in [-0.39, 0.29) is 35.9 Å². The van der Waals surface area contributed by atoms with E-state index in [0.29, 0.717) is 41.7 Å². The molecule has 4 heterocycles. The zero-order valence-corrected chi connectivity index (χ0v) is 26.4. The van der Waals surface area contributed by atoms with Gasteiger partial charge in [0.15, 0.2) is 0 Å². The summed E-state index contributed by atoms with van der Waals surface area (Å²) >= 11 is 6.14. The smallest absolute Gasteiger partial charge is 0.242 e. The summed E-state index contributed by atoms with van der Waals surface area (Å²) in [7, 11) is -2.89. The van der Waals surface area contributed by atoms with Crippen LogP contribution in [-0.2, 0) is 11.2 Å². The maximum absolute atomic E-state index is 15.2. The molecule has 2 aliphatic heterocycles. The predicted octanol–water partition coefficient (Wildman–Crippen LogP) is 5.19. The van der Waals surface area contributed by atoms with Crippen LogP contribution in [0.15, 0.2) is 55.0 Å². The fraction of sp³-hybridized carbons (Fsp3) is 0.452. The fourth-order valence-corrected chi connectivity index (χ4v) is 7.93. The van der Waals surface area contributed by atoms with Crippen molar-refractivity contribution in [2.75, 3.05) is 24.2 Å². The standard InChI is InChI=1S/C31H40ClFN6O4S/c1-19(2)43-28-12-7-21(14-37-28)29(20-5-8-22(32)9-6-20)30(34)31(40)38-27-17-35-16-26(33)25(27)11-10-24-15-36-23-4-3-13-44(41,42)39(24)18-23/h5-9,12,14,16-17,19,23-24,29-30,36,41-42H,3-4,10-11,13,15,18,34H2,1-2H3,(H,38,40)/t23-,24+,29-,30+/m1/s1. The lowest BCUT2D eigenvalue weighted by molar-refractivity contribution is -0.117. The molecule has 1 aromatic carbocycles. The molecule has 44 heavy (non-hydrogen) atoms. The van der Waals surface area contributed by atoms with E-state index >= 15 is 4.39 Å². The molecule has 238 valence electrons. The van der Waals surface area contributed by atoms with Crippen LogP contribution in [0.2, 0.25) is 5.02 Å². The van der Waals surface area contributed by atoms with Gasteiger partial charge in [0.2, 0.25) is 11.8 Å². The summed E-state index contributed by atoms with van der Waals surface area (Å²) in [4.78, 5) is 22.1. The molecule has 0 spiro atoms. The molecule has 1 unspecified atom stereocenters. The van der Waals surface area contributed by atoms with Gasteiger partial charge in [0.05, 0.1) is 36.0 Å². The minimum Gasteiger partial charge on any atom is -0.475 e. The second-order valence-corrected chi connectivity index (χ2v) is 14.2. The van der Waals surface area contributed by atoms with Crippen molar-refractivity contribution in [2.45, 2.75) is 69.7 Å². The first-order valence-electron chi connectivity index (χ1n) is 14.8. The number of halogens is 2. The topological polar surface area (TPSA) is 146 Å². The van der Waals surface area contributed by atoms with E-state index in [2.05, 4.69) is 20.6 Å². The van der Waals surface area contributed by atoms with Gasteiger partial charge in [-0.3, -0.25) is 18.9 Å². The Morgan fingerprint density at radius 1 is 1.20 bits per heavy atom. The van der Waals surface area contributed by atoms with Crippen LogP contribution in [0.25, 0.3) is 0 Å². The number of ether oxygens (including phenoxy) is 1. The van der Waals surface area contributed by atoms with Crippen molar-refractivity contribution in [3.63, 3.8) is 0 Å². The van der Waals surface area contributed by atoms with Gasteiger partial charge in [0.1, 0.15) is 5.82 Å². The van der Waals surface area contributed by atoms with E-state index in [1.54, 1.807) is 28.7 Å². The summed E-state index contributed by atoms with van der Waals surface area (Å²) in [5.41, 5.74) is 8.59. The first-order valence-corrected chi connectivity index (χ1v) is 16.9. The summed E-state index contributed by atoms with van der Waals surface area (Å²) < 4.78 is 44.2. The van der Waals surface area contributed by atoms with Gasteiger partial charge >= 0.3 is 0 Å². The number of hydrogen-bond acceptors (Lipinski definition) is 9. The number of nitrogens with two attached hydrogens (primary N) is 1. The van der Waals surface area contributed by atoms with E-state index in [4.69, 9.17) is 22.1 Å². The van der Waals surface area contributed by atoms with Gasteiger partial charge in [-0.15, -0.1) is 10.8 Å². The average molecular weight is 647 g/mol. The number of carbonyl (C=O) groups excluding carboxylic acids is 1. The van der Waals surface area contributed by atoms with Gasteiger partial charge in [-0.25, -0.2) is 13.7 Å². The van der Waals surface area contributed by atoms with Crippen LogP contribution in [0.5, 0.6) is 5.88 Å². The Bertz CT molecular complexity index is 1430. The Hall–Kier alpha value is -2.84. The van der Waals surface area contributed by atoms with Crippen LogP contribution in [0.1, 0.15) is 55.7 Å². The SMILES string of the molecule is CC(C)Oc1ccc([C@@H](c2ccc(Cl)cc2)[C@H](N)C(=O)Nc2cncc(F)c2CC[C@H]2CN[C@@H]3CCCS(O)(O)N2C3)cn1. The number of amides is 1. The van der Waals surface area contributed by atoms with E-state index in [0.717, 1.165) is 24.6 Å². The second-order valence-electron chi connectivity index (χ2n) is 11.7. The number of pyridine rings is 2. The first kappa shape index (κ1) is 32.6. The Balaban J connectivity index is 1.35. The van der Waals surface area contributed by atoms with Gasteiger partial charge in [-0.05, 0) is 62.8 Å². The molecule has 13 heteroatoms. The van der Waals surface area contributed by atoms with Crippen LogP contribution < -0.4 is 21.1 Å². The molecule has 0 aliphatic carbocycles. The van der Waals surface area contributed by atoms with Crippen molar-refractivity contribution in [1.82, 2.24) is 19.6 Å². The lowest BCUT2D eigenvalue weighted by Crippen LogP contribution is -2.55. The van der Waals surface area contributed by atoms with Gasteiger partial charge in [-0.1, -0.05) is 29.8 Å². The molecule has 10 nitrogen and oxygen atoms in total. The lowest BCUT2D eigenvalue weighted by Gasteiger charge is -2.49. The summed E-state index contributed by atoms with van der Waals surface area (Å²) in [6, 6.07) is 9.57. The summed E-state index contributed by atoms with van der Waals surface area (Å²) in [5.74, 6) is -0.878. The van der Waals surface area contributed by atoms with Crippen molar-refractivity contribution in [3.8, 4) is 5.88 Å². The molecule has 5 atom stereocenters. The van der Waals surface area contributed by atoms with Crippen LogP contribution in [0, 0.1) is 5.82 Å². The molecule has 2 saturated heterocycles. The van der Waals surface area contributed by atoms with Gasteiger partial charge in [0, 0.05) is 53.9 Å². The molecule has 3 aromatic rings. The van der Waals surface area contributed by atoms with Crippen LogP contribution >= 0.6 is 22.4 Å². The van der Waals surface area contributed by atoms with E-state index < -0.39 is 34.5 Å². The van der Waals surface area contributed by atoms with E-state index in [1.165, 1.54) is 6.20 Å². The van der Waals surface area contributed by atoms with Crippen LogP contribution in [0.3, 0.4) is 0 Å². The van der Waals surface area contributed by atoms with E-state index in [1.807, 2.05) is 32.0 Å². The van der Waals surface area contributed by atoms with Gasteiger partial charge < -0.3 is 21.1 Å². The molecule has 2 aliphatic rings. The zero-order chi connectivity index (χ0) is 31.4. The summed E-state index contributed by atoms with van der Waals surface area (Å²) in [6.07, 6.45) is 6.44. The monoisotopic (exact) mass is 646 g/mol. The minimum absolute atomic E-state index is 0.0470. The number of rotatable bonds is 10. The Morgan fingerprint density at radius 3 is 2.66 bits per heavy atom. The van der Waals surface area contributed by atoms with Crippen molar-refractivity contribution in [2.24, 2.45) is 5.73 Å². The van der Waals surface area contributed by atoms with E-state index in [9.17, 15) is 13.9 Å². The molecule has 2 fully saturated rings. The number of nitrogens with one attached hydrogen (secondary N) is 2. The Morgan fingerprint density at radius 2 is 1.95 bits per heavy atom. The highest BCUT2D eigenvalue weighted by Gasteiger charge is 2.38. The third-order valence-corrected chi connectivity index (χ3v) is 10.4. The Labute approximate surface area is 264 Å². The maximum atomic E-state index is 15.2. The molecular formula is C31H40ClFN6O4S. The number of piperazine rings is 1. The number of carbonyl (C=O) groups is 1. The molecule has 1 amide bonds. The highest BCUT2D eigenvalue weighted by atomic mass is 35.5. The van der Waals surface area contributed by atoms with Crippen molar-refractivity contribution in [1.29, 1.82) is 0 Å². The second kappa shape index (κ2) is 14.1. The number of benzene rings is 1. The predicted molar refractivity (Wildman–Crippen MR) is 172 cm³/mol. The lowest BCUT2D eigenvalue weighted by atomic mass is 9.85. The number of aromatic nitrogens is 2. The zero-order valence-electron chi connectivity index (χ0n) is 24.8. The summed E-state index contributed by atoms with van der Waals surface area (Å²) in [6.45, 7) is 4.92. The highest BCUT2D eigenvalue weighted by molar-refractivity contribution is 8.22. The fourth-order valence-electron chi connectivity index (χ4n) is 5.94. The molecule has 0 saturated carbocycles. The molecule has 6 N–H and O–H groups in total. The Kier molecular flexibility index (Phi) is 10.4. The van der Waals surface area contributed by atoms with Crippen molar-refractivity contribution < 1.29 is 23.0 Å². The number of hydrogen-bond donors (Lipinski definition) is 5. The summed E-state index contributed by atoms with van der Waals surface area (Å²) in [5, 5.41) is 6.85. The van der Waals surface area contributed by atoms with Gasteiger partial charge in [-0.2, -0.15) is 0 Å².